The Labute approximate surface area is 215 Å². The Kier molecular flexibility index (Phi) is 7.67. The van der Waals surface area contributed by atoms with E-state index in [0.29, 0.717) is 23.7 Å². The Hall–Kier alpha value is -4.46. The minimum absolute atomic E-state index is 0.225. The van der Waals surface area contributed by atoms with Gasteiger partial charge in [-0.3, -0.25) is 14.4 Å². The van der Waals surface area contributed by atoms with Crippen molar-refractivity contribution in [3.63, 3.8) is 0 Å². The Morgan fingerprint density at radius 3 is 2.38 bits per heavy atom. The number of carbonyl (C=O) groups excluding carboxylic acids is 3. The molecule has 1 unspecified atom stereocenters. The lowest BCUT2D eigenvalue weighted by Gasteiger charge is -2.24. The van der Waals surface area contributed by atoms with Gasteiger partial charge in [0.25, 0.3) is 11.7 Å². The molecule has 1 atom stereocenters. The van der Waals surface area contributed by atoms with Gasteiger partial charge in [0.1, 0.15) is 6.04 Å². The Balaban J connectivity index is 1.63. The van der Waals surface area contributed by atoms with Crippen LogP contribution in [0.25, 0.3) is 10.9 Å². The SMILES string of the molecule is CCn1c(C)c(C(=O)C(=O)NC(Cc2ccccc2)C(=O)N(C)c2ccc(OC)nc2)c2ccccc21. The fourth-order valence-electron chi connectivity index (χ4n) is 4.56. The topological polar surface area (TPSA) is 93.5 Å². The van der Waals surface area contributed by atoms with Crippen LogP contribution in [-0.2, 0) is 22.6 Å². The lowest BCUT2D eigenvalue weighted by Crippen LogP contribution is -2.50. The van der Waals surface area contributed by atoms with Crippen LogP contribution in [0, 0.1) is 6.92 Å². The highest BCUT2D eigenvalue weighted by molar-refractivity contribution is 6.45. The second-order valence-corrected chi connectivity index (χ2v) is 8.72. The number of fused-ring (bicyclic) bond motifs is 1. The van der Waals surface area contributed by atoms with E-state index < -0.39 is 17.7 Å². The van der Waals surface area contributed by atoms with E-state index in [0.717, 1.165) is 22.2 Å². The van der Waals surface area contributed by atoms with Crippen LogP contribution in [0.3, 0.4) is 0 Å². The van der Waals surface area contributed by atoms with Crippen LogP contribution in [-0.4, -0.2) is 47.3 Å². The Bertz CT molecular complexity index is 1430. The van der Waals surface area contributed by atoms with Gasteiger partial charge in [-0.15, -0.1) is 0 Å². The molecule has 0 spiro atoms. The number of hydrogen-bond donors (Lipinski definition) is 1. The number of hydrogen-bond acceptors (Lipinski definition) is 5. The van der Waals surface area contributed by atoms with Gasteiger partial charge in [0.2, 0.25) is 11.8 Å². The van der Waals surface area contributed by atoms with E-state index in [-0.39, 0.29) is 12.3 Å². The maximum absolute atomic E-state index is 13.6. The van der Waals surface area contributed by atoms with Crippen LogP contribution in [0.15, 0.2) is 72.9 Å². The number of ether oxygens (including phenoxy) is 1. The number of methoxy groups -OCH3 is 1. The summed E-state index contributed by atoms with van der Waals surface area (Å²) in [7, 11) is 3.12. The molecule has 0 saturated carbocycles. The standard InChI is InChI=1S/C29H30N4O4/c1-5-33-19(2)26(22-13-9-10-14-24(22)33)27(34)28(35)31-23(17-20-11-7-6-8-12-20)29(36)32(3)21-15-16-25(37-4)30-18-21/h6-16,18,23H,5,17H2,1-4H3,(H,31,35). The van der Waals surface area contributed by atoms with Crippen molar-refractivity contribution in [2.75, 3.05) is 19.1 Å². The van der Waals surface area contributed by atoms with Crippen molar-refractivity contribution in [1.82, 2.24) is 14.9 Å². The van der Waals surface area contributed by atoms with E-state index in [9.17, 15) is 14.4 Å². The van der Waals surface area contributed by atoms with Crippen molar-refractivity contribution in [2.24, 2.45) is 0 Å². The van der Waals surface area contributed by atoms with Gasteiger partial charge in [0.15, 0.2) is 0 Å². The lowest BCUT2D eigenvalue weighted by molar-refractivity contribution is -0.125. The summed E-state index contributed by atoms with van der Waals surface area (Å²) < 4.78 is 7.10. The molecule has 37 heavy (non-hydrogen) atoms. The number of benzene rings is 2. The molecule has 190 valence electrons. The van der Waals surface area contributed by atoms with Crippen LogP contribution in [0.1, 0.15) is 28.5 Å². The van der Waals surface area contributed by atoms with Crippen LogP contribution in [0.2, 0.25) is 0 Å². The van der Waals surface area contributed by atoms with Gasteiger partial charge in [-0.05, 0) is 31.5 Å². The molecule has 0 bridgehead atoms. The smallest absolute Gasteiger partial charge is 0.293 e. The van der Waals surface area contributed by atoms with Gasteiger partial charge in [0.05, 0.1) is 24.6 Å². The van der Waals surface area contributed by atoms with Crippen molar-refractivity contribution >= 4 is 34.2 Å². The van der Waals surface area contributed by atoms with Crippen LogP contribution < -0.4 is 15.0 Å². The molecule has 0 radical (unpaired) electrons. The number of carbonyl (C=O) groups is 3. The summed E-state index contributed by atoms with van der Waals surface area (Å²) in [5, 5.41) is 3.44. The van der Waals surface area contributed by atoms with Gasteiger partial charge in [0, 0.05) is 42.7 Å². The molecule has 2 aromatic carbocycles. The van der Waals surface area contributed by atoms with E-state index in [4.69, 9.17) is 4.74 Å². The van der Waals surface area contributed by atoms with Crippen molar-refractivity contribution in [3.8, 4) is 5.88 Å². The van der Waals surface area contributed by atoms with E-state index in [1.165, 1.54) is 18.2 Å². The quantitative estimate of drug-likeness (QED) is 0.279. The highest BCUT2D eigenvalue weighted by atomic mass is 16.5. The zero-order valence-corrected chi connectivity index (χ0v) is 21.4. The van der Waals surface area contributed by atoms with Crippen molar-refractivity contribution in [2.45, 2.75) is 32.9 Å². The van der Waals surface area contributed by atoms with Gasteiger partial charge in [-0.25, -0.2) is 4.98 Å². The zero-order chi connectivity index (χ0) is 26.5. The maximum Gasteiger partial charge on any atom is 0.293 e. The fraction of sp³-hybridized carbons (Fsp3) is 0.241. The van der Waals surface area contributed by atoms with Crippen LogP contribution in [0.4, 0.5) is 5.69 Å². The monoisotopic (exact) mass is 498 g/mol. The largest absolute Gasteiger partial charge is 0.481 e. The molecule has 8 nitrogen and oxygen atoms in total. The first-order valence-electron chi connectivity index (χ1n) is 12.1. The first kappa shape index (κ1) is 25.6. The van der Waals surface area contributed by atoms with E-state index in [1.54, 1.807) is 19.2 Å². The molecule has 0 fully saturated rings. The molecular weight excluding hydrogens is 468 g/mol. The number of aromatic nitrogens is 2. The average Bonchev–Trinajstić information content (AvgIpc) is 3.22. The summed E-state index contributed by atoms with van der Waals surface area (Å²) in [5.74, 6) is -1.44. The molecule has 8 heteroatoms. The number of anilines is 1. The Morgan fingerprint density at radius 2 is 1.73 bits per heavy atom. The number of nitrogens with zero attached hydrogens (tertiary/aromatic N) is 3. The van der Waals surface area contributed by atoms with E-state index in [1.807, 2.05) is 73.0 Å². The van der Waals surface area contributed by atoms with Gasteiger partial charge >= 0.3 is 0 Å². The number of aryl methyl sites for hydroxylation is 1. The number of Topliss-reactive ketones (excluding diaryl/α,β-unsaturated/α-hetero) is 1. The van der Waals surface area contributed by atoms with E-state index in [2.05, 4.69) is 10.3 Å². The maximum atomic E-state index is 13.6. The van der Waals surface area contributed by atoms with Gasteiger partial charge in [-0.2, -0.15) is 0 Å². The number of amides is 2. The van der Waals surface area contributed by atoms with E-state index >= 15 is 0 Å². The predicted molar refractivity (Wildman–Crippen MR) is 143 cm³/mol. The molecule has 4 rings (SSSR count). The predicted octanol–water partition coefficient (Wildman–Crippen LogP) is 3.95. The summed E-state index contributed by atoms with van der Waals surface area (Å²) in [6.45, 7) is 4.49. The molecule has 0 aliphatic heterocycles. The summed E-state index contributed by atoms with van der Waals surface area (Å²) in [6.07, 6.45) is 1.74. The van der Waals surface area contributed by atoms with Crippen LogP contribution >= 0.6 is 0 Å². The number of pyridine rings is 1. The average molecular weight is 499 g/mol. The molecular formula is C29H30N4O4. The highest BCUT2D eigenvalue weighted by Crippen LogP contribution is 2.26. The first-order chi connectivity index (χ1) is 17.8. The fourth-order valence-corrected chi connectivity index (χ4v) is 4.56. The minimum Gasteiger partial charge on any atom is -0.481 e. The second-order valence-electron chi connectivity index (χ2n) is 8.72. The zero-order valence-electron chi connectivity index (χ0n) is 21.4. The molecule has 2 aromatic heterocycles. The number of para-hydroxylation sites is 1. The van der Waals surface area contributed by atoms with Gasteiger partial charge in [-0.1, -0.05) is 48.5 Å². The summed E-state index contributed by atoms with van der Waals surface area (Å²) >= 11 is 0. The summed E-state index contributed by atoms with van der Waals surface area (Å²) in [6, 6.07) is 19.3. The van der Waals surface area contributed by atoms with Crippen LogP contribution in [0.5, 0.6) is 5.88 Å². The molecule has 4 aromatic rings. The molecule has 0 aliphatic carbocycles. The minimum atomic E-state index is -0.967. The summed E-state index contributed by atoms with van der Waals surface area (Å²) in [5.41, 5.74) is 3.35. The number of ketones is 1. The lowest BCUT2D eigenvalue weighted by atomic mass is 10.0. The Morgan fingerprint density at radius 1 is 1.03 bits per heavy atom. The molecule has 1 N–H and O–H groups in total. The second kappa shape index (κ2) is 11.1. The summed E-state index contributed by atoms with van der Waals surface area (Å²) in [4.78, 5) is 45.9. The molecule has 2 heterocycles. The van der Waals surface area contributed by atoms with Crippen molar-refractivity contribution in [3.05, 3.63) is 89.7 Å². The first-order valence-corrected chi connectivity index (χ1v) is 12.1. The number of nitrogens with one attached hydrogen (secondary N) is 1. The van der Waals surface area contributed by atoms with Crippen molar-refractivity contribution in [1.29, 1.82) is 0 Å². The third kappa shape index (κ3) is 5.23. The molecule has 0 aliphatic rings. The normalized spacial score (nSPS) is 11.7. The molecule has 2 amide bonds. The number of rotatable bonds is 9. The number of likely N-dealkylation sites (N-methyl/N-ethyl adjacent to an activating group) is 1. The van der Waals surface area contributed by atoms with Crippen molar-refractivity contribution < 1.29 is 19.1 Å². The highest BCUT2D eigenvalue weighted by Gasteiger charge is 2.30. The molecule has 0 saturated heterocycles. The third-order valence-corrected chi connectivity index (χ3v) is 6.51. The third-order valence-electron chi connectivity index (χ3n) is 6.51. The van der Waals surface area contributed by atoms with Gasteiger partial charge < -0.3 is 19.5 Å².